The largest absolute Gasteiger partial charge is 0.445 e. The van der Waals surface area contributed by atoms with E-state index in [4.69, 9.17) is 10.5 Å². The molecule has 3 amide bonds. The van der Waals surface area contributed by atoms with E-state index in [-0.39, 0.29) is 18.9 Å². The molecule has 1 atom stereocenters. The number of ether oxygens (including phenoxy) is 1. The molecule has 0 unspecified atom stereocenters. The first-order valence-electron chi connectivity index (χ1n) is 11.5. The zero-order chi connectivity index (χ0) is 24.2. The van der Waals surface area contributed by atoms with Gasteiger partial charge in [0.2, 0.25) is 11.8 Å². The van der Waals surface area contributed by atoms with E-state index in [1.165, 1.54) is 0 Å². The van der Waals surface area contributed by atoms with Crippen LogP contribution in [0.25, 0.3) is 10.8 Å². The highest BCUT2D eigenvalue weighted by molar-refractivity contribution is 5.89. The number of carbonyl (C=O) groups excluding carboxylic acids is 3. The molecule has 0 heterocycles. The summed E-state index contributed by atoms with van der Waals surface area (Å²) in [6.07, 6.45) is 2.31. The molecule has 0 saturated carbocycles. The van der Waals surface area contributed by atoms with Gasteiger partial charge in [-0.25, -0.2) is 4.79 Å². The molecule has 3 rings (SSSR count). The maximum atomic E-state index is 12.4. The summed E-state index contributed by atoms with van der Waals surface area (Å²) in [5.74, 6) is -0.765. The Morgan fingerprint density at radius 3 is 2.38 bits per heavy atom. The normalized spacial score (nSPS) is 11.5. The summed E-state index contributed by atoms with van der Waals surface area (Å²) >= 11 is 0. The van der Waals surface area contributed by atoms with Crippen LogP contribution in [-0.4, -0.2) is 30.5 Å². The Labute approximate surface area is 199 Å². The standard InChI is InChI=1S/C27H31N3O4/c28-26(32)24(18-22-14-9-13-21-12-6-7-15-23(21)22)30-25(31)16-5-2-8-17-29-27(33)34-19-20-10-3-1-4-11-20/h1,3-4,6-7,9-15,24H,2,5,8,16-19H2,(H2,28,32)(H,29,33)(H,30,31)/t24-/m1/s1. The zero-order valence-electron chi connectivity index (χ0n) is 19.2. The van der Waals surface area contributed by atoms with Crippen LogP contribution in [0.1, 0.15) is 36.8 Å². The Balaban J connectivity index is 1.34. The van der Waals surface area contributed by atoms with Crippen molar-refractivity contribution in [1.82, 2.24) is 10.6 Å². The number of carbonyl (C=O) groups is 3. The Morgan fingerprint density at radius 1 is 0.853 bits per heavy atom. The number of unbranched alkanes of at least 4 members (excludes halogenated alkanes) is 2. The molecule has 0 aliphatic heterocycles. The molecule has 0 aliphatic carbocycles. The van der Waals surface area contributed by atoms with Crippen LogP contribution in [0.2, 0.25) is 0 Å². The molecular weight excluding hydrogens is 430 g/mol. The number of hydrogen-bond acceptors (Lipinski definition) is 4. The predicted octanol–water partition coefficient (Wildman–Crippen LogP) is 3.84. The quantitative estimate of drug-likeness (QED) is 0.356. The summed E-state index contributed by atoms with van der Waals surface area (Å²) in [7, 11) is 0. The van der Waals surface area contributed by atoms with E-state index in [0.717, 1.165) is 34.7 Å². The monoisotopic (exact) mass is 461 g/mol. The fraction of sp³-hybridized carbons (Fsp3) is 0.296. The number of hydrogen-bond donors (Lipinski definition) is 3. The van der Waals surface area contributed by atoms with E-state index in [1.807, 2.05) is 72.8 Å². The number of primary amides is 1. The van der Waals surface area contributed by atoms with Crippen LogP contribution in [-0.2, 0) is 27.4 Å². The number of amides is 3. The Morgan fingerprint density at radius 2 is 1.59 bits per heavy atom. The van der Waals surface area contributed by atoms with E-state index in [1.54, 1.807) is 0 Å². The number of nitrogens with two attached hydrogens (primary N) is 1. The fourth-order valence-corrected chi connectivity index (χ4v) is 3.73. The van der Waals surface area contributed by atoms with Crippen LogP contribution in [0.3, 0.4) is 0 Å². The van der Waals surface area contributed by atoms with Gasteiger partial charge in [0, 0.05) is 19.4 Å². The van der Waals surface area contributed by atoms with Crippen LogP contribution >= 0.6 is 0 Å². The molecule has 3 aromatic rings. The molecule has 0 spiro atoms. The molecular formula is C27H31N3O4. The van der Waals surface area contributed by atoms with Crippen LogP contribution in [0.4, 0.5) is 4.79 Å². The average Bonchev–Trinajstić information content (AvgIpc) is 2.85. The third kappa shape index (κ3) is 7.92. The van der Waals surface area contributed by atoms with Gasteiger partial charge >= 0.3 is 6.09 Å². The third-order valence-electron chi connectivity index (χ3n) is 5.55. The van der Waals surface area contributed by atoms with Gasteiger partial charge in [0.25, 0.3) is 0 Å². The first kappa shape index (κ1) is 24.8. The smallest absolute Gasteiger partial charge is 0.407 e. The van der Waals surface area contributed by atoms with Crippen LogP contribution in [0.5, 0.6) is 0 Å². The molecule has 0 bridgehead atoms. The molecule has 7 heteroatoms. The lowest BCUT2D eigenvalue weighted by Crippen LogP contribution is -2.45. The number of rotatable bonds is 12. The third-order valence-corrected chi connectivity index (χ3v) is 5.55. The molecule has 178 valence electrons. The minimum Gasteiger partial charge on any atom is -0.445 e. The molecule has 0 radical (unpaired) electrons. The summed E-state index contributed by atoms with van der Waals surface area (Å²) in [5, 5.41) is 7.59. The summed E-state index contributed by atoms with van der Waals surface area (Å²) in [6.45, 7) is 0.701. The number of nitrogens with one attached hydrogen (secondary N) is 2. The van der Waals surface area contributed by atoms with Gasteiger partial charge in [-0.3, -0.25) is 9.59 Å². The van der Waals surface area contributed by atoms with Crippen molar-refractivity contribution in [2.45, 2.75) is 44.8 Å². The topological polar surface area (TPSA) is 111 Å². The second kappa shape index (κ2) is 13.0. The Bertz CT molecular complexity index is 1100. The molecule has 0 aliphatic rings. The lowest BCUT2D eigenvalue weighted by molar-refractivity contribution is -0.127. The summed E-state index contributed by atoms with van der Waals surface area (Å²) in [5.41, 5.74) is 7.45. The maximum absolute atomic E-state index is 12.4. The van der Waals surface area contributed by atoms with Gasteiger partial charge in [-0.1, -0.05) is 79.2 Å². The minimum absolute atomic E-state index is 0.209. The van der Waals surface area contributed by atoms with Gasteiger partial charge in [0.1, 0.15) is 12.6 Å². The van der Waals surface area contributed by atoms with Gasteiger partial charge in [0.05, 0.1) is 0 Å². The van der Waals surface area contributed by atoms with Crippen molar-refractivity contribution in [3.05, 3.63) is 83.9 Å². The highest BCUT2D eigenvalue weighted by atomic mass is 16.5. The molecule has 4 N–H and O–H groups in total. The van der Waals surface area contributed by atoms with Crippen molar-refractivity contribution in [2.75, 3.05) is 6.54 Å². The lowest BCUT2D eigenvalue weighted by Gasteiger charge is -2.17. The van der Waals surface area contributed by atoms with Crippen molar-refractivity contribution in [3.8, 4) is 0 Å². The van der Waals surface area contributed by atoms with Gasteiger partial charge in [-0.05, 0) is 34.7 Å². The lowest BCUT2D eigenvalue weighted by atomic mass is 9.98. The number of fused-ring (bicyclic) bond motifs is 1. The molecule has 7 nitrogen and oxygen atoms in total. The second-order valence-electron chi connectivity index (χ2n) is 8.16. The molecule has 0 aromatic heterocycles. The molecule has 0 saturated heterocycles. The van der Waals surface area contributed by atoms with E-state index in [0.29, 0.717) is 19.4 Å². The van der Waals surface area contributed by atoms with Crippen LogP contribution in [0.15, 0.2) is 72.8 Å². The summed E-state index contributed by atoms with van der Waals surface area (Å²) in [4.78, 5) is 36.1. The highest BCUT2D eigenvalue weighted by Gasteiger charge is 2.19. The van der Waals surface area contributed by atoms with Gasteiger partial charge < -0.3 is 21.1 Å². The van der Waals surface area contributed by atoms with Crippen molar-refractivity contribution < 1.29 is 19.1 Å². The van der Waals surface area contributed by atoms with Crippen LogP contribution < -0.4 is 16.4 Å². The first-order chi connectivity index (χ1) is 16.5. The van der Waals surface area contributed by atoms with Gasteiger partial charge in [0.15, 0.2) is 0 Å². The summed E-state index contributed by atoms with van der Waals surface area (Å²) < 4.78 is 5.16. The van der Waals surface area contributed by atoms with E-state index in [9.17, 15) is 14.4 Å². The SMILES string of the molecule is NC(=O)[C@@H](Cc1cccc2ccccc12)NC(=O)CCCCCNC(=O)OCc1ccccc1. The van der Waals surface area contributed by atoms with Crippen molar-refractivity contribution in [1.29, 1.82) is 0 Å². The zero-order valence-corrected chi connectivity index (χ0v) is 19.2. The van der Waals surface area contributed by atoms with Gasteiger partial charge in [-0.15, -0.1) is 0 Å². The Hall–Kier alpha value is -3.87. The molecule has 34 heavy (non-hydrogen) atoms. The van der Waals surface area contributed by atoms with E-state index < -0.39 is 18.0 Å². The van der Waals surface area contributed by atoms with Crippen LogP contribution in [0, 0.1) is 0 Å². The highest BCUT2D eigenvalue weighted by Crippen LogP contribution is 2.20. The van der Waals surface area contributed by atoms with Crippen molar-refractivity contribution in [3.63, 3.8) is 0 Å². The van der Waals surface area contributed by atoms with Crippen molar-refractivity contribution in [2.24, 2.45) is 5.73 Å². The first-order valence-corrected chi connectivity index (χ1v) is 11.5. The summed E-state index contributed by atoms with van der Waals surface area (Å²) in [6, 6.07) is 22.5. The second-order valence-corrected chi connectivity index (χ2v) is 8.16. The fourth-order valence-electron chi connectivity index (χ4n) is 3.73. The molecule has 0 fully saturated rings. The average molecular weight is 462 g/mol. The van der Waals surface area contributed by atoms with E-state index >= 15 is 0 Å². The van der Waals surface area contributed by atoms with Crippen molar-refractivity contribution >= 4 is 28.7 Å². The van der Waals surface area contributed by atoms with Gasteiger partial charge in [-0.2, -0.15) is 0 Å². The number of benzene rings is 3. The maximum Gasteiger partial charge on any atom is 0.407 e. The predicted molar refractivity (Wildman–Crippen MR) is 132 cm³/mol. The van der Waals surface area contributed by atoms with E-state index in [2.05, 4.69) is 10.6 Å². The minimum atomic E-state index is -0.764. The number of alkyl carbamates (subject to hydrolysis) is 1. The molecule has 3 aromatic carbocycles. The Kier molecular flexibility index (Phi) is 9.46.